The molecule has 0 saturated heterocycles. The van der Waals surface area contributed by atoms with Crippen LogP contribution in [-0.2, 0) is 11.2 Å². The fourth-order valence-electron chi connectivity index (χ4n) is 3.65. The van der Waals surface area contributed by atoms with E-state index in [9.17, 15) is 9.18 Å². The average molecular weight is 415 g/mol. The highest BCUT2D eigenvalue weighted by Gasteiger charge is 2.13. The predicted molar refractivity (Wildman–Crippen MR) is 121 cm³/mol. The predicted octanol–water partition coefficient (Wildman–Crippen LogP) is 5.84. The van der Waals surface area contributed by atoms with Gasteiger partial charge in [-0.2, -0.15) is 0 Å². The number of fused-ring (bicyclic) bond motifs is 1. The molecule has 4 aromatic rings. The summed E-state index contributed by atoms with van der Waals surface area (Å²) in [4.78, 5) is 12.8. The van der Waals surface area contributed by atoms with Gasteiger partial charge >= 0.3 is 0 Å². The fourth-order valence-corrected chi connectivity index (χ4v) is 3.65. The van der Waals surface area contributed by atoms with Crippen LogP contribution in [0, 0.1) is 5.82 Å². The van der Waals surface area contributed by atoms with Crippen molar-refractivity contribution in [3.63, 3.8) is 0 Å². The Balaban J connectivity index is 1.60. The Hall–Kier alpha value is -3.86. The molecule has 0 fully saturated rings. The first-order valence-electron chi connectivity index (χ1n) is 9.87. The van der Waals surface area contributed by atoms with Crippen molar-refractivity contribution >= 4 is 22.4 Å². The summed E-state index contributed by atoms with van der Waals surface area (Å²) in [5.41, 5.74) is 2.90. The van der Waals surface area contributed by atoms with Crippen LogP contribution in [0.2, 0.25) is 0 Å². The SMILES string of the molecule is COc1ccc(-c2ccc(OC)c(NC(=O)Cc3cccc4ccccc34)c2)cc1F. The molecule has 0 bridgehead atoms. The van der Waals surface area contributed by atoms with E-state index >= 15 is 0 Å². The second-order valence-electron chi connectivity index (χ2n) is 7.13. The molecule has 0 aliphatic heterocycles. The highest BCUT2D eigenvalue weighted by Crippen LogP contribution is 2.32. The maximum Gasteiger partial charge on any atom is 0.228 e. The van der Waals surface area contributed by atoms with Crippen molar-refractivity contribution in [2.75, 3.05) is 19.5 Å². The zero-order chi connectivity index (χ0) is 21.8. The number of nitrogens with one attached hydrogen (secondary N) is 1. The van der Waals surface area contributed by atoms with Crippen molar-refractivity contribution in [2.24, 2.45) is 0 Å². The lowest BCUT2D eigenvalue weighted by atomic mass is 10.0. The molecular formula is C26H22FNO3. The number of hydrogen-bond acceptors (Lipinski definition) is 3. The first kappa shape index (κ1) is 20.4. The summed E-state index contributed by atoms with van der Waals surface area (Å²) in [5, 5.41) is 5.08. The van der Waals surface area contributed by atoms with Crippen molar-refractivity contribution < 1.29 is 18.7 Å². The van der Waals surface area contributed by atoms with Gasteiger partial charge in [-0.3, -0.25) is 4.79 Å². The summed E-state index contributed by atoms with van der Waals surface area (Å²) < 4.78 is 24.5. The molecule has 0 aliphatic rings. The van der Waals surface area contributed by atoms with E-state index in [1.807, 2.05) is 48.5 Å². The molecule has 0 aliphatic carbocycles. The molecule has 0 heterocycles. The smallest absolute Gasteiger partial charge is 0.228 e. The van der Waals surface area contributed by atoms with Crippen LogP contribution >= 0.6 is 0 Å². The molecule has 0 spiro atoms. The maximum absolute atomic E-state index is 14.1. The molecule has 0 saturated carbocycles. The van der Waals surface area contributed by atoms with Crippen molar-refractivity contribution in [2.45, 2.75) is 6.42 Å². The first-order valence-corrected chi connectivity index (χ1v) is 9.87. The fraction of sp³-hybridized carbons (Fsp3) is 0.115. The maximum atomic E-state index is 14.1. The van der Waals surface area contributed by atoms with Crippen molar-refractivity contribution in [1.29, 1.82) is 0 Å². The molecular weight excluding hydrogens is 393 g/mol. The molecule has 4 rings (SSSR count). The number of methoxy groups -OCH3 is 2. The van der Waals surface area contributed by atoms with Gasteiger partial charge in [0.25, 0.3) is 0 Å². The molecule has 5 heteroatoms. The summed E-state index contributed by atoms with van der Waals surface area (Å²) >= 11 is 0. The lowest BCUT2D eigenvalue weighted by Crippen LogP contribution is -2.15. The Morgan fingerprint density at radius 1 is 0.839 bits per heavy atom. The van der Waals surface area contributed by atoms with Gasteiger partial charge in [-0.1, -0.05) is 54.6 Å². The Labute approximate surface area is 180 Å². The zero-order valence-electron chi connectivity index (χ0n) is 17.3. The van der Waals surface area contributed by atoms with E-state index in [0.717, 1.165) is 21.9 Å². The molecule has 156 valence electrons. The molecule has 0 radical (unpaired) electrons. The number of ether oxygens (including phenoxy) is 2. The van der Waals surface area contributed by atoms with Gasteiger partial charge in [-0.25, -0.2) is 4.39 Å². The van der Waals surface area contributed by atoms with Crippen LogP contribution in [0.25, 0.3) is 21.9 Å². The van der Waals surface area contributed by atoms with Gasteiger partial charge in [0.2, 0.25) is 5.91 Å². The first-order chi connectivity index (χ1) is 15.1. The van der Waals surface area contributed by atoms with Crippen LogP contribution in [0.4, 0.5) is 10.1 Å². The van der Waals surface area contributed by atoms with Gasteiger partial charge in [0.05, 0.1) is 26.3 Å². The Morgan fingerprint density at radius 2 is 1.52 bits per heavy atom. The number of anilines is 1. The number of halogens is 1. The van der Waals surface area contributed by atoms with Crippen molar-refractivity contribution in [1.82, 2.24) is 0 Å². The number of carbonyl (C=O) groups excluding carboxylic acids is 1. The third kappa shape index (κ3) is 4.36. The second-order valence-corrected chi connectivity index (χ2v) is 7.13. The minimum atomic E-state index is -0.447. The number of rotatable bonds is 6. The van der Waals surface area contributed by atoms with Gasteiger partial charge in [0, 0.05) is 0 Å². The lowest BCUT2D eigenvalue weighted by Gasteiger charge is -2.13. The second kappa shape index (κ2) is 8.88. The molecule has 31 heavy (non-hydrogen) atoms. The van der Waals surface area contributed by atoms with E-state index in [2.05, 4.69) is 5.32 Å². The van der Waals surface area contributed by atoms with Crippen molar-refractivity contribution in [3.8, 4) is 22.6 Å². The number of carbonyl (C=O) groups is 1. The van der Waals surface area contributed by atoms with E-state index in [4.69, 9.17) is 9.47 Å². The molecule has 0 aromatic heterocycles. The molecule has 0 unspecified atom stereocenters. The largest absolute Gasteiger partial charge is 0.495 e. The Morgan fingerprint density at radius 3 is 2.26 bits per heavy atom. The number of amides is 1. The molecule has 4 nitrogen and oxygen atoms in total. The monoisotopic (exact) mass is 415 g/mol. The summed E-state index contributed by atoms with van der Waals surface area (Å²) in [6.07, 6.45) is 0.228. The normalized spacial score (nSPS) is 10.7. The van der Waals surface area contributed by atoms with Gasteiger partial charge < -0.3 is 14.8 Å². The highest BCUT2D eigenvalue weighted by atomic mass is 19.1. The van der Waals surface area contributed by atoms with Crippen molar-refractivity contribution in [3.05, 3.63) is 90.2 Å². The summed E-state index contributed by atoms with van der Waals surface area (Å²) in [7, 11) is 2.97. The minimum Gasteiger partial charge on any atom is -0.495 e. The van der Waals surface area contributed by atoms with Crippen LogP contribution in [0.5, 0.6) is 11.5 Å². The van der Waals surface area contributed by atoms with Crippen LogP contribution in [0.15, 0.2) is 78.9 Å². The number of hydrogen-bond donors (Lipinski definition) is 1. The summed E-state index contributed by atoms with van der Waals surface area (Å²) in [6.45, 7) is 0. The van der Waals surface area contributed by atoms with Crippen LogP contribution < -0.4 is 14.8 Å². The lowest BCUT2D eigenvalue weighted by molar-refractivity contribution is -0.115. The van der Waals surface area contributed by atoms with Crippen LogP contribution in [0.1, 0.15) is 5.56 Å². The van der Waals surface area contributed by atoms with Gasteiger partial charge in [-0.15, -0.1) is 0 Å². The average Bonchev–Trinajstić information content (AvgIpc) is 2.79. The molecule has 4 aromatic carbocycles. The number of benzene rings is 4. The van der Waals surface area contributed by atoms with Crippen LogP contribution in [-0.4, -0.2) is 20.1 Å². The van der Waals surface area contributed by atoms with E-state index in [1.165, 1.54) is 13.2 Å². The highest BCUT2D eigenvalue weighted by molar-refractivity contribution is 5.97. The molecule has 0 atom stereocenters. The van der Waals surface area contributed by atoms with Gasteiger partial charge in [-0.05, 0) is 51.7 Å². The van der Waals surface area contributed by atoms with Gasteiger partial charge in [0.1, 0.15) is 5.75 Å². The topological polar surface area (TPSA) is 47.6 Å². The van der Waals surface area contributed by atoms with Gasteiger partial charge in [0.15, 0.2) is 11.6 Å². The molecule has 1 amide bonds. The molecule has 1 N–H and O–H groups in total. The summed E-state index contributed by atoms with van der Waals surface area (Å²) in [5.74, 6) is 0.106. The quantitative estimate of drug-likeness (QED) is 0.430. The Kier molecular flexibility index (Phi) is 5.85. The standard InChI is InChI=1S/C26H22FNO3/c1-30-24-12-10-18(14-22(24)27)19-11-13-25(31-2)23(15-19)28-26(29)16-20-8-5-7-17-6-3-4-9-21(17)20/h3-15H,16H2,1-2H3,(H,28,29). The van der Waals surface area contributed by atoms with E-state index in [-0.39, 0.29) is 18.1 Å². The third-order valence-electron chi connectivity index (χ3n) is 5.19. The van der Waals surface area contributed by atoms with E-state index < -0.39 is 5.82 Å². The van der Waals surface area contributed by atoms with E-state index in [0.29, 0.717) is 17.0 Å². The van der Waals surface area contributed by atoms with Crippen LogP contribution in [0.3, 0.4) is 0 Å². The zero-order valence-corrected chi connectivity index (χ0v) is 17.3. The summed E-state index contributed by atoms with van der Waals surface area (Å²) in [6, 6.07) is 24.0. The van der Waals surface area contributed by atoms with E-state index in [1.54, 1.807) is 31.4 Å². The third-order valence-corrected chi connectivity index (χ3v) is 5.19. The Bertz CT molecular complexity index is 1250. The minimum absolute atomic E-state index is 0.160.